The van der Waals surface area contributed by atoms with Gasteiger partial charge in [0.2, 0.25) is 5.95 Å². The number of anilines is 2. The molecule has 10 heteroatoms. The first kappa shape index (κ1) is 28.3. The van der Waals surface area contributed by atoms with Crippen molar-refractivity contribution in [3.63, 3.8) is 0 Å². The average molecular weight is 570 g/mol. The molecule has 3 aromatic heterocycles. The number of rotatable bonds is 8. The molecule has 0 unspecified atom stereocenters. The molecule has 0 atom stereocenters. The lowest BCUT2D eigenvalue weighted by molar-refractivity contribution is -0.186. The van der Waals surface area contributed by atoms with Crippen molar-refractivity contribution in [1.29, 1.82) is 0 Å². The minimum Gasteiger partial charge on any atom is -0.379 e. The smallest absolute Gasteiger partial charge is 0.278 e. The monoisotopic (exact) mass is 569 g/mol. The van der Waals surface area contributed by atoms with E-state index in [9.17, 15) is 9.90 Å². The number of hydrogen-bond donors (Lipinski definition) is 2. The van der Waals surface area contributed by atoms with Crippen molar-refractivity contribution in [3.05, 3.63) is 82.9 Å². The maximum atomic E-state index is 13.3. The molecular formula is C32H39N7O3. The highest BCUT2D eigenvalue weighted by Gasteiger charge is 2.39. The molecule has 2 N–H and O–H groups in total. The minimum absolute atomic E-state index is 0. The van der Waals surface area contributed by atoms with Gasteiger partial charge in [-0.25, -0.2) is 19.3 Å². The second-order valence-corrected chi connectivity index (χ2v) is 11.5. The Morgan fingerprint density at radius 2 is 1.83 bits per heavy atom. The number of likely N-dealkylation sites (tertiary alicyclic amines) is 1. The largest absolute Gasteiger partial charge is 0.379 e. The molecule has 2 aliphatic heterocycles. The predicted octanol–water partition coefficient (Wildman–Crippen LogP) is 4.49. The molecule has 7 rings (SSSR count). The molecule has 5 heterocycles. The molecule has 3 fully saturated rings. The van der Waals surface area contributed by atoms with Gasteiger partial charge in [0.1, 0.15) is 5.39 Å². The van der Waals surface area contributed by atoms with Gasteiger partial charge in [-0.1, -0.05) is 31.7 Å². The van der Waals surface area contributed by atoms with Crippen LogP contribution in [-0.2, 0) is 16.9 Å². The second-order valence-electron chi connectivity index (χ2n) is 11.5. The number of nitrogens with zero attached hydrogens (tertiary/aromatic N) is 6. The summed E-state index contributed by atoms with van der Waals surface area (Å²) in [6.07, 6.45) is 9.62. The molecule has 0 bridgehead atoms. The number of fused-ring (bicyclic) bond motifs is 1. The summed E-state index contributed by atoms with van der Waals surface area (Å²) in [5.74, 6) is 1.46. The highest BCUT2D eigenvalue weighted by molar-refractivity contribution is 5.77. The third-order valence-electron chi connectivity index (χ3n) is 8.83. The lowest BCUT2D eigenvalue weighted by Gasteiger charge is -2.42. The molecule has 0 amide bonds. The Morgan fingerprint density at radius 1 is 1.07 bits per heavy atom. The van der Waals surface area contributed by atoms with Crippen LogP contribution in [0.1, 0.15) is 56.7 Å². The molecule has 1 aromatic carbocycles. The summed E-state index contributed by atoms with van der Waals surface area (Å²) in [5.41, 5.74) is 1.80. The van der Waals surface area contributed by atoms with E-state index >= 15 is 0 Å². The normalized spacial score (nSPS) is 21.6. The number of aliphatic hydroxyl groups is 1. The third kappa shape index (κ3) is 5.04. The molecule has 0 radical (unpaired) electrons. The number of hydrogen-bond acceptors (Lipinski definition) is 8. The zero-order chi connectivity index (χ0) is 28.0. The summed E-state index contributed by atoms with van der Waals surface area (Å²) in [6.45, 7) is 7.00. The van der Waals surface area contributed by atoms with Gasteiger partial charge in [0.05, 0.1) is 25.5 Å². The fraction of sp³-hybridized carbons (Fsp3) is 0.438. The average Bonchev–Trinajstić information content (AvgIpc) is 3.22. The van der Waals surface area contributed by atoms with Crippen molar-refractivity contribution in [3.8, 4) is 5.82 Å². The summed E-state index contributed by atoms with van der Waals surface area (Å²) in [5, 5.41) is 14.5. The fourth-order valence-electron chi connectivity index (χ4n) is 6.30. The molecule has 3 aliphatic rings. The number of pyridine rings is 1. The molecule has 0 spiro atoms. The number of nitrogens with one attached hydrogen (secondary N) is 1. The van der Waals surface area contributed by atoms with Crippen LogP contribution in [0.15, 0.2) is 66.1 Å². The van der Waals surface area contributed by atoms with E-state index in [1.807, 2.05) is 6.07 Å². The standard InChI is InChI=1S/C31H35N7O3.CH4/c1-2-15-37-29(39)25-18-32-30(35-28(25)38(37)27-6-3-5-26(34-27)31(40)19-41-20-31)33-23-11-7-21(8-12-23)22-9-13-24(14-10-22)36-16-4-17-36;/h2-3,5-8,11-12,18,22,24,40H,1,4,9-10,13-17,19-20H2,(H,32,33,35);1H4. The van der Waals surface area contributed by atoms with E-state index in [4.69, 9.17) is 9.72 Å². The zero-order valence-corrected chi connectivity index (χ0v) is 23.1. The van der Waals surface area contributed by atoms with Crippen LogP contribution in [0.2, 0.25) is 0 Å². The summed E-state index contributed by atoms with van der Waals surface area (Å²) < 4.78 is 8.40. The van der Waals surface area contributed by atoms with E-state index in [0.29, 0.717) is 34.4 Å². The van der Waals surface area contributed by atoms with Crippen molar-refractivity contribution in [2.24, 2.45) is 0 Å². The highest BCUT2D eigenvalue weighted by Crippen LogP contribution is 2.36. The van der Waals surface area contributed by atoms with Crippen LogP contribution < -0.4 is 10.9 Å². The Balaban J connectivity index is 0.00000316. The van der Waals surface area contributed by atoms with Crippen LogP contribution in [-0.4, -0.2) is 66.7 Å². The molecule has 1 saturated carbocycles. The van der Waals surface area contributed by atoms with Gasteiger partial charge in [-0.3, -0.25) is 4.79 Å². The van der Waals surface area contributed by atoms with Crippen LogP contribution in [0.3, 0.4) is 0 Å². The Morgan fingerprint density at radius 3 is 2.48 bits per heavy atom. The van der Waals surface area contributed by atoms with E-state index in [0.717, 1.165) is 11.7 Å². The van der Waals surface area contributed by atoms with Gasteiger partial charge >= 0.3 is 0 Å². The van der Waals surface area contributed by atoms with Crippen molar-refractivity contribution >= 4 is 22.7 Å². The number of aromatic nitrogens is 5. The Kier molecular flexibility index (Phi) is 7.69. The van der Waals surface area contributed by atoms with Gasteiger partial charge in [-0.2, -0.15) is 4.98 Å². The first-order chi connectivity index (χ1) is 20.0. The predicted molar refractivity (Wildman–Crippen MR) is 163 cm³/mol. The van der Waals surface area contributed by atoms with Crippen molar-refractivity contribution in [2.45, 2.75) is 63.6 Å². The molecule has 220 valence electrons. The quantitative estimate of drug-likeness (QED) is 0.299. The van der Waals surface area contributed by atoms with Crippen LogP contribution in [0.4, 0.5) is 11.6 Å². The summed E-state index contributed by atoms with van der Waals surface area (Å²) in [7, 11) is 0. The topological polar surface area (TPSA) is 110 Å². The highest BCUT2D eigenvalue weighted by atomic mass is 16.5. The van der Waals surface area contributed by atoms with E-state index in [1.165, 1.54) is 55.4 Å². The van der Waals surface area contributed by atoms with Gasteiger partial charge in [-0.15, -0.1) is 6.58 Å². The Labute approximate surface area is 245 Å². The fourth-order valence-corrected chi connectivity index (χ4v) is 6.30. The van der Waals surface area contributed by atoms with Crippen molar-refractivity contribution < 1.29 is 9.84 Å². The van der Waals surface area contributed by atoms with Gasteiger partial charge in [-0.05, 0) is 80.9 Å². The lowest BCUT2D eigenvalue weighted by atomic mass is 9.80. The molecule has 4 aromatic rings. The lowest BCUT2D eigenvalue weighted by Crippen LogP contribution is -2.47. The van der Waals surface area contributed by atoms with Crippen LogP contribution >= 0.6 is 0 Å². The molecule has 2 saturated heterocycles. The third-order valence-corrected chi connectivity index (χ3v) is 8.83. The second kappa shape index (κ2) is 11.4. The zero-order valence-electron chi connectivity index (χ0n) is 23.1. The Hall–Kier alpha value is -3.86. The van der Waals surface area contributed by atoms with Gasteiger partial charge in [0.15, 0.2) is 17.1 Å². The molecular weight excluding hydrogens is 530 g/mol. The van der Waals surface area contributed by atoms with E-state index in [-0.39, 0.29) is 32.7 Å². The van der Waals surface area contributed by atoms with E-state index in [1.54, 1.807) is 29.1 Å². The minimum atomic E-state index is -1.13. The van der Waals surface area contributed by atoms with Gasteiger partial charge < -0.3 is 20.1 Å². The molecule has 10 nitrogen and oxygen atoms in total. The first-order valence-electron chi connectivity index (χ1n) is 14.5. The van der Waals surface area contributed by atoms with Crippen LogP contribution in [0.25, 0.3) is 16.9 Å². The first-order valence-corrected chi connectivity index (χ1v) is 14.5. The molecule has 42 heavy (non-hydrogen) atoms. The maximum absolute atomic E-state index is 13.3. The number of allylic oxidation sites excluding steroid dienone is 1. The SMILES string of the molecule is C.C=CCn1c(=O)c2cnc(Nc3ccc(C4CCC(N5CCC5)CC4)cc3)nc2n1-c1cccc(C2(O)COC2)n1. The summed E-state index contributed by atoms with van der Waals surface area (Å²) in [6, 6.07) is 14.7. The van der Waals surface area contributed by atoms with Gasteiger partial charge in [0.25, 0.3) is 5.56 Å². The maximum Gasteiger partial charge on any atom is 0.278 e. The molecule has 1 aliphatic carbocycles. The van der Waals surface area contributed by atoms with Crippen LogP contribution in [0, 0.1) is 0 Å². The number of ether oxygens (including phenoxy) is 1. The van der Waals surface area contributed by atoms with Crippen LogP contribution in [0.5, 0.6) is 0 Å². The van der Waals surface area contributed by atoms with Gasteiger partial charge in [0, 0.05) is 17.9 Å². The Bertz CT molecular complexity index is 1630. The van der Waals surface area contributed by atoms with E-state index < -0.39 is 5.60 Å². The van der Waals surface area contributed by atoms with Crippen molar-refractivity contribution in [1.82, 2.24) is 29.2 Å². The summed E-state index contributed by atoms with van der Waals surface area (Å²) in [4.78, 5) is 29.8. The number of benzene rings is 1. The van der Waals surface area contributed by atoms with Crippen molar-refractivity contribution in [2.75, 3.05) is 31.6 Å². The van der Waals surface area contributed by atoms with E-state index in [2.05, 4.69) is 51.0 Å². The summed E-state index contributed by atoms with van der Waals surface area (Å²) >= 11 is 0.